The van der Waals surface area contributed by atoms with Crippen molar-refractivity contribution in [2.45, 2.75) is 30.7 Å². The lowest BCUT2D eigenvalue weighted by molar-refractivity contribution is -0.475. The third-order valence-electron chi connectivity index (χ3n) is 2.00. The molecule has 1 rings (SSSR count). The maximum absolute atomic E-state index is 13.2. The van der Waals surface area contributed by atoms with E-state index in [1.807, 2.05) is 0 Å². The van der Waals surface area contributed by atoms with Crippen molar-refractivity contribution < 1.29 is 49.0 Å². The summed E-state index contributed by atoms with van der Waals surface area (Å²) in [7, 11) is 0. The summed E-state index contributed by atoms with van der Waals surface area (Å²) < 4.78 is 118. The van der Waals surface area contributed by atoms with Gasteiger partial charge in [0.05, 0.1) is 0 Å². The monoisotopic (exact) mass is 290 g/mol. The highest BCUT2D eigenvalue weighted by Crippen LogP contribution is 2.57. The van der Waals surface area contributed by atoms with Gasteiger partial charge in [-0.15, -0.1) is 0 Å². The summed E-state index contributed by atoms with van der Waals surface area (Å²) in [6.07, 6.45) is -9.69. The van der Waals surface area contributed by atoms with E-state index in [9.17, 15) is 39.5 Å². The van der Waals surface area contributed by atoms with E-state index in [1.165, 1.54) is 0 Å². The summed E-state index contributed by atoms with van der Waals surface area (Å²) in [5, 5.41) is 0. The first-order valence-electron chi connectivity index (χ1n) is 4.02. The van der Waals surface area contributed by atoms with Crippen LogP contribution < -0.4 is 0 Å². The zero-order chi connectivity index (χ0) is 14.6. The standard InChI is InChI=1S/C7H3F9O2/c1-4(10)5(11,12)6(13,7(14,15)16)18-3(17-4)2(8)9/h1H3. The molecule has 1 fully saturated rings. The maximum atomic E-state index is 13.2. The fourth-order valence-corrected chi connectivity index (χ4v) is 1.05. The van der Waals surface area contributed by atoms with Gasteiger partial charge in [-0.2, -0.15) is 39.5 Å². The maximum Gasteiger partial charge on any atom is 0.467 e. The molecule has 1 aliphatic heterocycles. The lowest BCUT2D eigenvalue weighted by Crippen LogP contribution is -2.68. The minimum Gasteiger partial charge on any atom is -0.418 e. The lowest BCUT2D eigenvalue weighted by Gasteiger charge is -2.44. The number of hydrogen-bond donors (Lipinski definition) is 0. The molecule has 0 amide bonds. The zero-order valence-corrected chi connectivity index (χ0v) is 8.22. The van der Waals surface area contributed by atoms with Crippen LogP contribution in [-0.4, -0.2) is 23.8 Å². The van der Waals surface area contributed by atoms with E-state index >= 15 is 0 Å². The van der Waals surface area contributed by atoms with E-state index in [4.69, 9.17) is 0 Å². The molecule has 0 aromatic carbocycles. The van der Waals surface area contributed by atoms with Gasteiger partial charge in [-0.25, -0.2) is 0 Å². The smallest absolute Gasteiger partial charge is 0.418 e. The molecule has 0 radical (unpaired) electrons. The molecule has 0 aromatic rings. The van der Waals surface area contributed by atoms with Crippen LogP contribution in [0.5, 0.6) is 0 Å². The van der Waals surface area contributed by atoms with E-state index in [0.717, 1.165) is 0 Å². The van der Waals surface area contributed by atoms with Crippen LogP contribution in [0, 0.1) is 0 Å². The molecule has 0 spiro atoms. The van der Waals surface area contributed by atoms with Gasteiger partial charge in [0.15, 0.2) is 0 Å². The van der Waals surface area contributed by atoms with E-state index in [-0.39, 0.29) is 6.92 Å². The molecular weight excluding hydrogens is 287 g/mol. The summed E-state index contributed by atoms with van der Waals surface area (Å²) in [6.45, 7) is -0.335. The fraction of sp³-hybridized carbons (Fsp3) is 0.714. The summed E-state index contributed by atoms with van der Waals surface area (Å²) >= 11 is 0. The van der Waals surface area contributed by atoms with Crippen LogP contribution in [0.4, 0.5) is 39.5 Å². The predicted molar refractivity (Wildman–Crippen MR) is 35.8 cm³/mol. The molecule has 18 heavy (non-hydrogen) atoms. The third kappa shape index (κ3) is 1.75. The second-order valence-electron chi connectivity index (χ2n) is 3.34. The summed E-state index contributed by atoms with van der Waals surface area (Å²) in [5.41, 5.74) is 0. The Morgan fingerprint density at radius 2 is 1.44 bits per heavy atom. The van der Waals surface area contributed by atoms with Crippen molar-refractivity contribution in [1.29, 1.82) is 0 Å². The van der Waals surface area contributed by atoms with Crippen molar-refractivity contribution >= 4 is 0 Å². The van der Waals surface area contributed by atoms with Gasteiger partial charge in [-0.3, -0.25) is 0 Å². The lowest BCUT2D eigenvalue weighted by atomic mass is 10.0. The second-order valence-corrected chi connectivity index (χ2v) is 3.34. The van der Waals surface area contributed by atoms with E-state index < -0.39 is 35.8 Å². The molecule has 1 aliphatic rings. The number of alkyl halides is 7. The van der Waals surface area contributed by atoms with Crippen molar-refractivity contribution in [3.05, 3.63) is 12.0 Å². The summed E-state index contributed by atoms with van der Waals surface area (Å²) in [5.74, 6) is -19.1. The highest BCUT2D eigenvalue weighted by Gasteiger charge is 2.84. The van der Waals surface area contributed by atoms with Gasteiger partial charge in [-0.05, 0) is 0 Å². The van der Waals surface area contributed by atoms with E-state index in [2.05, 4.69) is 9.47 Å². The molecule has 2 atom stereocenters. The van der Waals surface area contributed by atoms with Gasteiger partial charge in [0, 0.05) is 6.92 Å². The van der Waals surface area contributed by atoms with Gasteiger partial charge >= 0.3 is 35.8 Å². The highest BCUT2D eigenvalue weighted by atomic mass is 19.4. The average Bonchev–Trinajstić information content (AvgIpc) is 2.11. The van der Waals surface area contributed by atoms with Crippen molar-refractivity contribution in [3.63, 3.8) is 0 Å². The Balaban J connectivity index is 3.44. The van der Waals surface area contributed by atoms with Crippen molar-refractivity contribution in [2.75, 3.05) is 0 Å². The number of halogens is 9. The number of rotatable bonds is 0. The second kappa shape index (κ2) is 3.60. The van der Waals surface area contributed by atoms with Crippen LogP contribution in [0.3, 0.4) is 0 Å². The zero-order valence-electron chi connectivity index (χ0n) is 8.22. The van der Waals surface area contributed by atoms with Gasteiger partial charge in [0.2, 0.25) is 0 Å². The molecule has 2 unspecified atom stereocenters. The van der Waals surface area contributed by atoms with Gasteiger partial charge in [0.25, 0.3) is 0 Å². The SMILES string of the molecule is CC1(F)OC(=C(F)F)OC(F)(C(F)(F)F)C1(F)F. The molecule has 0 bridgehead atoms. The van der Waals surface area contributed by atoms with Crippen molar-refractivity contribution in [3.8, 4) is 0 Å². The Hall–Kier alpha value is -1.29. The molecule has 11 heteroatoms. The van der Waals surface area contributed by atoms with Crippen LogP contribution in [0.1, 0.15) is 6.92 Å². The van der Waals surface area contributed by atoms with Crippen LogP contribution in [0.2, 0.25) is 0 Å². The molecule has 106 valence electrons. The van der Waals surface area contributed by atoms with Gasteiger partial charge in [-0.1, -0.05) is 0 Å². The normalized spacial score (nSPS) is 35.8. The van der Waals surface area contributed by atoms with E-state index in [0.29, 0.717) is 0 Å². The quantitative estimate of drug-likeness (QED) is 0.634. The highest BCUT2D eigenvalue weighted by molar-refractivity contribution is 5.08. The van der Waals surface area contributed by atoms with Crippen LogP contribution in [0.15, 0.2) is 12.0 Å². The molecular formula is C7H3F9O2. The molecule has 0 aromatic heterocycles. The van der Waals surface area contributed by atoms with Crippen molar-refractivity contribution in [2.24, 2.45) is 0 Å². The van der Waals surface area contributed by atoms with Crippen LogP contribution >= 0.6 is 0 Å². The Labute approximate surface area is 93.0 Å². The molecule has 1 heterocycles. The Morgan fingerprint density at radius 1 is 1.00 bits per heavy atom. The first-order valence-corrected chi connectivity index (χ1v) is 4.02. The molecule has 1 saturated heterocycles. The minimum absolute atomic E-state index is 0.335. The minimum atomic E-state index is -6.46. The first-order chi connectivity index (χ1) is 7.76. The van der Waals surface area contributed by atoms with Crippen LogP contribution in [0.25, 0.3) is 0 Å². The number of hydrogen-bond acceptors (Lipinski definition) is 2. The molecule has 2 nitrogen and oxygen atoms in total. The van der Waals surface area contributed by atoms with Gasteiger partial charge in [0.1, 0.15) is 0 Å². The topological polar surface area (TPSA) is 18.5 Å². The first kappa shape index (κ1) is 14.8. The van der Waals surface area contributed by atoms with Crippen LogP contribution in [-0.2, 0) is 9.47 Å². The molecule has 0 saturated carbocycles. The molecule has 0 N–H and O–H groups in total. The summed E-state index contributed by atoms with van der Waals surface area (Å²) in [6, 6.07) is 0. The Morgan fingerprint density at radius 3 is 1.78 bits per heavy atom. The predicted octanol–water partition coefficient (Wildman–Crippen LogP) is 3.65. The Kier molecular flexibility index (Phi) is 2.96. The molecule has 0 aliphatic carbocycles. The fourth-order valence-electron chi connectivity index (χ4n) is 1.05. The summed E-state index contributed by atoms with van der Waals surface area (Å²) in [4.78, 5) is 0. The van der Waals surface area contributed by atoms with E-state index in [1.54, 1.807) is 0 Å². The van der Waals surface area contributed by atoms with Gasteiger partial charge < -0.3 is 9.47 Å². The Bertz CT molecular complexity index is 381. The van der Waals surface area contributed by atoms with Crippen molar-refractivity contribution in [1.82, 2.24) is 0 Å². The average molecular weight is 290 g/mol. The largest absolute Gasteiger partial charge is 0.467 e. The number of ether oxygens (including phenoxy) is 2. The third-order valence-corrected chi connectivity index (χ3v) is 2.00.